The van der Waals surface area contributed by atoms with Crippen molar-refractivity contribution >= 4 is 18.4 Å². The fourth-order valence-corrected chi connectivity index (χ4v) is 5.83. The summed E-state index contributed by atoms with van der Waals surface area (Å²) in [6.45, 7) is 1.24. The van der Waals surface area contributed by atoms with Gasteiger partial charge in [0.25, 0.3) is 7.37 Å². The van der Waals surface area contributed by atoms with E-state index in [2.05, 4.69) is 5.32 Å². The van der Waals surface area contributed by atoms with Crippen LogP contribution in [0.2, 0.25) is 0 Å². The average Bonchev–Trinajstić information content (AvgIpc) is 2.69. The van der Waals surface area contributed by atoms with Crippen molar-refractivity contribution in [1.29, 1.82) is 0 Å². The topological polar surface area (TPSA) is 119 Å². The van der Waals surface area contributed by atoms with E-state index in [0.717, 1.165) is 5.56 Å². The fourth-order valence-electron chi connectivity index (χ4n) is 3.14. The van der Waals surface area contributed by atoms with Crippen molar-refractivity contribution in [3.05, 3.63) is 60.2 Å². The number of benzene rings is 2. The molecule has 7 nitrogen and oxygen atoms in total. The normalized spacial score (nSPS) is 32.0. The molecule has 6 atom stereocenters. The van der Waals surface area contributed by atoms with Gasteiger partial charge >= 0.3 is 0 Å². The Kier molecular flexibility index (Phi) is 6.01. The van der Waals surface area contributed by atoms with Crippen LogP contribution in [-0.4, -0.2) is 57.2 Å². The first-order chi connectivity index (χ1) is 12.9. The lowest BCUT2D eigenvalue weighted by Gasteiger charge is -2.44. The first-order valence-corrected chi connectivity index (χ1v) is 10.4. The van der Waals surface area contributed by atoms with Crippen LogP contribution in [0.3, 0.4) is 0 Å². The van der Waals surface area contributed by atoms with Crippen molar-refractivity contribution in [2.24, 2.45) is 0 Å². The molecule has 0 bridgehead atoms. The van der Waals surface area contributed by atoms with E-state index in [4.69, 9.17) is 4.52 Å². The van der Waals surface area contributed by atoms with E-state index >= 15 is 0 Å². The number of nitrogens with one attached hydrogen (secondary N) is 1. The second-order valence-electron chi connectivity index (χ2n) is 6.69. The maximum absolute atomic E-state index is 13.9. The van der Waals surface area contributed by atoms with Crippen LogP contribution >= 0.6 is 7.37 Å². The highest BCUT2D eigenvalue weighted by Crippen LogP contribution is 2.57. The molecule has 0 radical (unpaired) electrons. The Balaban J connectivity index is 2.02. The Hall–Kier alpha value is -1.73. The Morgan fingerprint density at radius 2 is 1.70 bits per heavy atom. The van der Waals surface area contributed by atoms with E-state index in [1.165, 1.54) is 0 Å². The summed E-state index contributed by atoms with van der Waals surface area (Å²) in [6.07, 6.45) is -5.88. The molecule has 146 valence electrons. The molecule has 5 N–H and O–H groups in total. The number of anilines is 1. The summed E-state index contributed by atoms with van der Waals surface area (Å²) in [5.41, 5.74) is 1.65. The quantitative estimate of drug-likeness (QED) is 0.477. The van der Waals surface area contributed by atoms with Crippen LogP contribution < -0.4 is 10.6 Å². The Morgan fingerprint density at radius 1 is 1.07 bits per heavy atom. The molecule has 3 rings (SSSR count). The van der Waals surface area contributed by atoms with E-state index in [-0.39, 0.29) is 0 Å². The number of hydrogen-bond acceptors (Lipinski definition) is 7. The SMILES string of the molecule is Cc1ccc(N[C@H]2[C@@H](O)[C@@H](O)[C@@H]([C@H](O)CO)O[P@@]2(=O)c2ccccc2)cc1. The van der Waals surface area contributed by atoms with Gasteiger partial charge in [0, 0.05) is 11.0 Å². The molecule has 0 saturated carbocycles. The highest BCUT2D eigenvalue weighted by atomic mass is 31.2. The molecular weight excluding hydrogens is 369 g/mol. The van der Waals surface area contributed by atoms with Crippen LogP contribution in [0.25, 0.3) is 0 Å². The zero-order valence-corrected chi connectivity index (χ0v) is 15.7. The minimum Gasteiger partial charge on any atom is -0.394 e. The summed E-state index contributed by atoms with van der Waals surface area (Å²) >= 11 is 0. The molecule has 1 aliphatic heterocycles. The van der Waals surface area contributed by atoms with Crippen molar-refractivity contribution in [2.45, 2.75) is 37.1 Å². The third kappa shape index (κ3) is 3.94. The first kappa shape index (κ1) is 20.0. The van der Waals surface area contributed by atoms with Crippen LogP contribution in [0.4, 0.5) is 5.69 Å². The van der Waals surface area contributed by atoms with Gasteiger partial charge < -0.3 is 30.3 Å². The molecule has 8 heteroatoms. The van der Waals surface area contributed by atoms with Crippen molar-refractivity contribution in [3.63, 3.8) is 0 Å². The Labute approximate surface area is 157 Å². The van der Waals surface area contributed by atoms with Crippen molar-refractivity contribution in [1.82, 2.24) is 0 Å². The van der Waals surface area contributed by atoms with Gasteiger partial charge in [0.15, 0.2) is 0 Å². The van der Waals surface area contributed by atoms with Gasteiger partial charge in [-0.1, -0.05) is 35.9 Å². The fraction of sp³-hybridized carbons (Fsp3) is 0.368. The molecule has 2 aromatic rings. The lowest BCUT2D eigenvalue weighted by atomic mass is 10.0. The molecule has 0 spiro atoms. The van der Waals surface area contributed by atoms with E-state index in [9.17, 15) is 25.0 Å². The summed E-state index contributed by atoms with van der Waals surface area (Å²) in [6, 6.07) is 15.6. The van der Waals surface area contributed by atoms with Gasteiger partial charge in [0.1, 0.15) is 30.2 Å². The van der Waals surface area contributed by atoms with E-state index < -0.39 is 44.2 Å². The van der Waals surface area contributed by atoms with Gasteiger partial charge in [-0.2, -0.15) is 0 Å². The highest BCUT2D eigenvalue weighted by Gasteiger charge is 2.54. The van der Waals surface area contributed by atoms with Crippen LogP contribution in [0.1, 0.15) is 5.56 Å². The zero-order valence-electron chi connectivity index (χ0n) is 14.8. The van der Waals surface area contributed by atoms with Crippen LogP contribution in [0, 0.1) is 6.92 Å². The molecule has 1 fully saturated rings. The minimum absolute atomic E-state index is 0.343. The molecule has 0 aromatic heterocycles. The summed E-state index contributed by atoms with van der Waals surface area (Å²) in [5.74, 6) is -1.13. The van der Waals surface area contributed by atoms with Gasteiger partial charge in [0.2, 0.25) is 0 Å². The molecule has 0 aliphatic carbocycles. The number of aliphatic hydroxyl groups excluding tert-OH is 4. The third-order valence-electron chi connectivity index (χ3n) is 4.70. The molecule has 0 unspecified atom stereocenters. The number of hydrogen-bond donors (Lipinski definition) is 5. The van der Waals surface area contributed by atoms with Crippen molar-refractivity contribution in [2.75, 3.05) is 11.9 Å². The number of aliphatic hydroxyl groups is 4. The van der Waals surface area contributed by atoms with E-state index in [1.807, 2.05) is 19.1 Å². The predicted molar refractivity (Wildman–Crippen MR) is 102 cm³/mol. The zero-order chi connectivity index (χ0) is 19.6. The van der Waals surface area contributed by atoms with Crippen LogP contribution in [-0.2, 0) is 9.09 Å². The molecule has 0 amide bonds. The molecule has 1 saturated heterocycles. The maximum atomic E-state index is 13.9. The summed E-state index contributed by atoms with van der Waals surface area (Å²) in [7, 11) is -3.76. The van der Waals surface area contributed by atoms with Gasteiger partial charge in [-0.05, 0) is 31.2 Å². The highest BCUT2D eigenvalue weighted by molar-refractivity contribution is 7.68. The van der Waals surface area contributed by atoms with Crippen molar-refractivity contribution < 1.29 is 29.5 Å². The average molecular weight is 393 g/mol. The third-order valence-corrected chi connectivity index (χ3v) is 7.44. The lowest BCUT2D eigenvalue weighted by Crippen LogP contribution is -2.58. The number of aryl methyl sites for hydroxylation is 1. The molecule has 1 aliphatic rings. The summed E-state index contributed by atoms with van der Waals surface area (Å²) in [5, 5.41) is 43.7. The van der Waals surface area contributed by atoms with Crippen LogP contribution in [0.15, 0.2) is 54.6 Å². The van der Waals surface area contributed by atoms with Crippen molar-refractivity contribution in [3.8, 4) is 0 Å². The second-order valence-corrected chi connectivity index (χ2v) is 9.17. The summed E-state index contributed by atoms with van der Waals surface area (Å²) < 4.78 is 19.6. The maximum Gasteiger partial charge on any atom is 0.256 e. The summed E-state index contributed by atoms with van der Waals surface area (Å²) in [4.78, 5) is 0. The molecule has 1 heterocycles. The smallest absolute Gasteiger partial charge is 0.256 e. The standard InChI is InChI=1S/C19H24NO6P/c1-12-7-9-13(10-8-12)20-19-17(24)16(23)18(15(22)11-21)26-27(19,25)14-5-3-2-4-6-14/h2-10,15-24H,11H2,1H3/t15-,16-,17+,18-,19-,27+/m1/s1. The minimum atomic E-state index is -3.76. The van der Waals surface area contributed by atoms with E-state index in [1.54, 1.807) is 42.5 Å². The first-order valence-electron chi connectivity index (χ1n) is 8.69. The lowest BCUT2D eigenvalue weighted by molar-refractivity contribution is -0.115. The molecule has 2 aromatic carbocycles. The largest absolute Gasteiger partial charge is 0.394 e. The molecule has 27 heavy (non-hydrogen) atoms. The van der Waals surface area contributed by atoms with Gasteiger partial charge in [-0.3, -0.25) is 4.57 Å². The monoisotopic (exact) mass is 393 g/mol. The van der Waals surface area contributed by atoms with Gasteiger partial charge in [-0.15, -0.1) is 0 Å². The Bertz CT molecular complexity index is 800. The number of rotatable bonds is 5. The molecular formula is C19H24NO6P. The van der Waals surface area contributed by atoms with Gasteiger partial charge in [-0.25, -0.2) is 0 Å². The second kappa shape index (κ2) is 8.10. The predicted octanol–water partition coefficient (Wildman–Crippen LogP) is 0.810. The Morgan fingerprint density at radius 3 is 2.30 bits per heavy atom. The van der Waals surface area contributed by atoms with Gasteiger partial charge in [0.05, 0.1) is 6.61 Å². The van der Waals surface area contributed by atoms with Crippen LogP contribution in [0.5, 0.6) is 0 Å². The van der Waals surface area contributed by atoms with E-state index in [0.29, 0.717) is 11.0 Å².